The highest BCUT2D eigenvalue weighted by atomic mass is 16.5. The van der Waals surface area contributed by atoms with E-state index in [2.05, 4.69) is 10.6 Å². The number of carbonyl (C=O) groups is 2. The van der Waals surface area contributed by atoms with Crippen molar-refractivity contribution in [3.05, 3.63) is 0 Å². The largest absolute Gasteiger partial charge is 0.481 e. The second-order valence-corrected chi connectivity index (χ2v) is 6.01. The quantitative estimate of drug-likeness (QED) is 0.566. The summed E-state index contributed by atoms with van der Waals surface area (Å²) in [5.74, 6) is -0.907. The van der Waals surface area contributed by atoms with E-state index < -0.39 is 5.97 Å². The molecule has 6 nitrogen and oxygen atoms in total. The Kier molecular flexibility index (Phi) is 8.96. The number of carbonyl (C=O) groups excluding carboxylic acids is 1. The van der Waals surface area contributed by atoms with Crippen molar-refractivity contribution in [3.8, 4) is 0 Å². The zero-order chi connectivity index (χ0) is 15.6. The van der Waals surface area contributed by atoms with Crippen LogP contribution in [0.2, 0.25) is 0 Å². The first-order valence-corrected chi connectivity index (χ1v) is 7.08. The zero-order valence-electron chi connectivity index (χ0n) is 13.0. The van der Waals surface area contributed by atoms with Crippen LogP contribution in [0.1, 0.15) is 47.0 Å². The summed E-state index contributed by atoms with van der Waals surface area (Å²) in [7, 11) is 0. The van der Waals surface area contributed by atoms with Crippen molar-refractivity contribution in [2.45, 2.75) is 53.0 Å². The van der Waals surface area contributed by atoms with Gasteiger partial charge in [-0.05, 0) is 25.2 Å². The summed E-state index contributed by atoms with van der Waals surface area (Å²) in [6, 6.07) is -0.684. The Labute approximate surface area is 121 Å². The molecule has 0 aromatic carbocycles. The fourth-order valence-corrected chi connectivity index (χ4v) is 1.88. The van der Waals surface area contributed by atoms with Crippen molar-refractivity contribution in [2.75, 3.05) is 19.8 Å². The lowest BCUT2D eigenvalue weighted by molar-refractivity contribution is -0.137. The first-order chi connectivity index (χ1) is 9.24. The summed E-state index contributed by atoms with van der Waals surface area (Å²) in [4.78, 5) is 22.5. The van der Waals surface area contributed by atoms with Crippen molar-refractivity contribution in [1.82, 2.24) is 10.6 Å². The zero-order valence-corrected chi connectivity index (χ0v) is 13.0. The molecule has 0 bridgehead atoms. The minimum absolute atomic E-state index is 0.0393. The third kappa shape index (κ3) is 11.8. The van der Waals surface area contributed by atoms with Crippen LogP contribution in [0.15, 0.2) is 0 Å². The van der Waals surface area contributed by atoms with Crippen molar-refractivity contribution >= 4 is 12.0 Å². The first-order valence-electron chi connectivity index (χ1n) is 7.08. The molecule has 20 heavy (non-hydrogen) atoms. The Morgan fingerprint density at radius 2 is 1.95 bits per heavy atom. The topological polar surface area (TPSA) is 87.7 Å². The minimum Gasteiger partial charge on any atom is -0.481 e. The summed E-state index contributed by atoms with van der Waals surface area (Å²) in [5.41, 5.74) is -0.0393. The summed E-state index contributed by atoms with van der Waals surface area (Å²) in [6.45, 7) is 9.76. The lowest BCUT2D eigenvalue weighted by atomic mass is 9.87. The van der Waals surface area contributed by atoms with Crippen LogP contribution in [-0.4, -0.2) is 42.9 Å². The van der Waals surface area contributed by atoms with Gasteiger partial charge in [-0.3, -0.25) is 4.79 Å². The number of hydrogen-bond donors (Lipinski definition) is 3. The number of carboxylic acids is 1. The lowest BCUT2D eigenvalue weighted by Gasteiger charge is -2.25. The molecule has 1 unspecified atom stereocenters. The average Bonchev–Trinajstić information content (AvgIpc) is 2.25. The second kappa shape index (κ2) is 9.58. The molecule has 0 rings (SSSR count). The Morgan fingerprint density at radius 1 is 1.30 bits per heavy atom. The van der Waals surface area contributed by atoms with Crippen molar-refractivity contribution in [3.63, 3.8) is 0 Å². The van der Waals surface area contributed by atoms with Crippen molar-refractivity contribution < 1.29 is 19.4 Å². The minimum atomic E-state index is -0.907. The molecule has 0 radical (unpaired) electrons. The van der Waals surface area contributed by atoms with Gasteiger partial charge in [-0.1, -0.05) is 20.8 Å². The number of nitrogens with one attached hydrogen (secondary N) is 2. The predicted molar refractivity (Wildman–Crippen MR) is 77.8 cm³/mol. The second-order valence-electron chi connectivity index (χ2n) is 6.01. The number of urea groups is 1. The van der Waals surface area contributed by atoms with E-state index in [9.17, 15) is 9.59 Å². The molecule has 0 aromatic heterocycles. The van der Waals surface area contributed by atoms with E-state index in [1.807, 2.05) is 27.7 Å². The Bertz CT molecular complexity index is 300. The molecule has 0 aliphatic heterocycles. The van der Waals surface area contributed by atoms with Gasteiger partial charge in [-0.15, -0.1) is 0 Å². The van der Waals surface area contributed by atoms with E-state index in [1.54, 1.807) is 0 Å². The van der Waals surface area contributed by atoms with Crippen LogP contribution in [-0.2, 0) is 9.53 Å². The SMILES string of the molecule is CCOCCCNC(=O)NC(CC(=O)O)CC(C)(C)C. The number of aliphatic carboxylic acids is 1. The van der Waals surface area contributed by atoms with Gasteiger partial charge in [-0.25, -0.2) is 4.79 Å². The van der Waals surface area contributed by atoms with E-state index in [0.717, 1.165) is 6.42 Å². The predicted octanol–water partition coefficient (Wildman–Crippen LogP) is 1.99. The molecule has 1 atom stereocenters. The standard InChI is InChI=1S/C14H28N2O4/c1-5-20-8-6-7-15-13(19)16-11(9-12(17)18)10-14(2,3)4/h11H,5-10H2,1-4H3,(H,17,18)(H2,15,16,19). The van der Waals surface area contributed by atoms with Crippen LogP contribution in [0, 0.1) is 5.41 Å². The molecule has 0 aromatic rings. The molecule has 2 amide bonds. The number of amides is 2. The summed E-state index contributed by atoms with van der Waals surface area (Å²) >= 11 is 0. The summed E-state index contributed by atoms with van der Waals surface area (Å²) < 4.78 is 5.17. The molecule has 0 fully saturated rings. The van der Waals surface area contributed by atoms with E-state index in [1.165, 1.54) is 0 Å². The van der Waals surface area contributed by atoms with Gasteiger partial charge >= 0.3 is 12.0 Å². The highest BCUT2D eigenvalue weighted by Gasteiger charge is 2.22. The number of hydrogen-bond acceptors (Lipinski definition) is 3. The van der Waals surface area contributed by atoms with Gasteiger partial charge in [0.15, 0.2) is 0 Å². The van der Waals surface area contributed by atoms with Gasteiger partial charge in [0.05, 0.1) is 6.42 Å². The third-order valence-electron chi connectivity index (χ3n) is 2.57. The van der Waals surface area contributed by atoms with Gasteiger partial charge in [0.25, 0.3) is 0 Å². The molecule has 0 spiro atoms. The third-order valence-corrected chi connectivity index (χ3v) is 2.57. The van der Waals surface area contributed by atoms with E-state index >= 15 is 0 Å². The lowest BCUT2D eigenvalue weighted by Crippen LogP contribution is -2.44. The average molecular weight is 288 g/mol. The molecule has 0 saturated carbocycles. The highest BCUT2D eigenvalue weighted by Crippen LogP contribution is 2.22. The van der Waals surface area contributed by atoms with Gasteiger partial charge in [-0.2, -0.15) is 0 Å². The molecule has 0 saturated heterocycles. The normalized spacial score (nSPS) is 12.8. The van der Waals surface area contributed by atoms with Crippen LogP contribution >= 0.6 is 0 Å². The Hall–Kier alpha value is -1.30. The maximum Gasteiger partial charge on any atom is 0.315 e. The van der Waals surface area contributed by atoms with E-state index in [0.29, 0.717) is 26.2 Å². The van der Waals surface area contributed by atoms with Crippen LogP contribution < -0.4 is 10.6 Å². The molecule has 0 heterocycles. The number of rotatable bonds is 9. The van der Waals surface area contributed by atoms with Crippen molar-refractivity contribution in [1.29, 1.82) is 0 Å². The molecular weight excluding hydrogens is 260 g/mol. The summed E-state index contributed by atoms with van der Waals surface area (Å²) in [5, 5.41) is 14.3. The van der Waals surface area contributed by atoms with Gasteiger partial charge in [0.1, 0.15) is 0 Å². The van der Waals surface area contributed by atoms with Crippen LogP contribution in [0.3, 0.4) is 0 Å². The molecule has 0 aliphatic carbocycles. The molecule has 118 valence electrons. The van der Waals surface area contributed by atoms with Gasteiger partial charge in [0, 0.05) is 25.8 Å². The van der Waals surface area contributed by atoms with Crippen LogP contribution in [0.5, 0.6) is 0 Å². The number of carboxylic acid groups (broad SMARTS) is 1. The summed E-state index contributed by atoms with van der Waals surface area (Å²) in [6.07, 6.45) is 1.29. The van der Waals surface area contributed by atoms with Gasteiger partial charge in [0.2, 0.25) is 0 Å². The van der Waals surface area contributed by atoms with Gasteiger partial charge < -0.3 is 20.5 Å². The maximum atomic E-state index is 11.7. The monoisotopic (exact) mass is 288 g/mol. The first kappa shape index (κ1) is 18.7. The number of ether oxygens (including phenoxy) is 1. The molecule has 0 aliphatic rings. The Balaban J connectivity index is 4.08. The van der Waals surface area contributed by atoms with E-state index in [4.69, 9.17) is 9.84 Å². The van der Waals surface area contributed by atoms with Crippen LogP contribution in [0.25, 0.3) is 0 Å². The molecule has 6 heteroatoms. The van der Waals surface area contributed by atoms with Crippen LogP contribution in [0.4, 0.5) is 4.79 Å². The molecular formula is C14H28N2O4. The smallest absolute Gasteiger partial charge is 0.315 e. The highest BCUT2D eigenvalue weighted by molar-refractivity contribution is 5.75. The maximum absolute atomic E-state index is 11.7. The van der Waals surface area contributed by atoms with Crippen molar-refractivity contribution in [2.24, 2.45) is 5.41 Å². The molecule has 3 N–H and O–H groups in total. The fourth-order valence-electron chi connectivity index (χ4n) is 1.88. The van der Waals surface area contributed by atoms with E-state index in [-0.39, 0.29) is 23.9 Å². The fraction of sp³-hybridized carbons (Fsp3) is 0.857. The Morgan fingerprint density at radius 3 is 2.45 bits per heavy atom.